The van der Waals surface area contributed by atoms with Crippen LogP contribution < -0.4 is 0 Å². The van der Waals surface area contributed by atoms with Crippen LogP contribution >= 0.6 is 15.9 Å². The quantitative estimate of drug-likeness (QED) is 0.310. The van der Waals surface area contributed by atoms with Gasteiger partial charge in [-0.05, 0) is 23.0 Å². The van der Waals surface area contributed by atoms with Gasteiger partial charge < -0.3 is 0 Å². The van der Waals surface area contributed by atoms with Crippen molar-refractivity contribution in [1.82, 2.24) is 0 Å². The first-order valence-corrected chi connectivity index (χ1v) is 10.6. The van der Waals surface area contributed by atoms with Gasteiger partial charge in [-0.1, -0.05) is 83.2 Å². The molecule has 0 rings (SSSR count). The third-order valence-corrected chi connectivity index (χ3v) is 11.1. The number of alkyl halides is 1. The summed E-state index contributed by atoms with van der Waals surface area (Å²) in [6, 6.07) is 0. The van der Waals surface area contributed by atoms with Gasteiger partial charge in [-0.3, -0.25) is 0 Å². The molecule has 0 heterocycles. The van der Waals surface area contributed by atoms with E-state index in [9.17, 15) is 0 Å². The maximum atomic E-state index is 3.78. The van der Waals surface area contributed by atoms with Crippen molar-refractivity contribution in [2.45, 2.75) is 89.2 Å². The first-order valence-electron chi connectivity index (χ1n) is 7.45. The molecule has 2 heteroatoms. The van der Waals surface area contributed by atoms with Crippen LogP contribution in [0.2, 0.25) is 16.6 Å². The fraction of sp³-hybridized carbons (Fsp3) is 0.875. The normalized spacial score (nSPS) is 13.9. The van der Waals surface area contributed by atoms with Crippen molar-refractivity contribution in [2.24, 2.45) is 0 Å². The Hall–Kier alpha value is 0.257. The van der Waals surface area contributed by atoms with Gasteiger partial charge in [0.05, 0.1) is 4.83 Å². The van der Waals surface area contributed by atoms with E-state index < -0.39 is 8.07 Å². The van der Waals surface area contributed by atoms with E-state index in [-0.39, 0.29) is 0 Å². The van der Waals surface area contributed by atoms with Crippen molar-refractivity contribution < 1.29 is 0 Å². The predicted molar refractivity (Wildman–Crippen MR) is 91.1 cm³/mol. The van der Waals surface area contributed by atoms with E-state index in [1.54, 1.807) is 0 Å². The van der Waals surface area contributed by atoms with Gasteiger partial charge in [0, 0.05) is 0 Å². The molecule has 0 spiro atoms. The molecule has 0 radical (unpaired) electrons. The predicted octanol–water partition coefficient (Wildman–Crippen LogP) is 6.16. The smallest absolute Gasteiger partial charge is 0.129 e. The van der Waals surface area contributed by atoms with Gasteiger partial charge in [0.25, 0.3) is 0 Å². The lowest BCUT2D eigenvalue weighted by atomic mass is 10.2. The van der Waals surface area contributed by atoms with Crippen LogP contribution in [-0.4, -0.2) is 12.9 Å². The molecule has 1 atom stereocenters. The Morgan fingerprint density at radius 1 is 0.944 bits per heavy atom. The lowest BCUT2D eigenvalue weighted by molar-refractivity contribution is 0.750. The Bertz CT molecular complexity index is 261. The number of unbranched alkanes of at least 4 members (excludes halogenated alkanes) is 1. The maximum Gasteiger partial charge on any atom is 0.146 e. The highest BCUT2D eigenvalue weighted by Crippen LogP contribution is 2.40. The van der Waals surface area contributed by atoms with Crippen LogP contribution in [0.3, 0.4) is 0 Å². The topological polar surface area (TPSA) is 0 Å². The SMILES string of the molecule is CCCCC(Br)C#C[Si](C(C)C)(C(C)C)C(C)C. The Morgan fingerprint density at radius 3 is 1.72 bits per heavy atom. The minimum Gasteiger partial charge on any atom is -0.129 e. The number of hydrogen-bond acceptors (Lipinski definition) is 0. The van der Waals surface area contributed by atoms with Crippen LogP contribution in [0.15, 0.2) is 0 Å². The summed E-state index contributed by atoms with van der Waals surface area (Å²) in [5.74, 6) is 3.53. The third-order valence-electron chi connectivity index (χ3n) is 4.12. The fourth-order valence-corrected chi connectivity index (χ4v) is 9.03. The van der Waals surface area contributed by atoms with Crippen molar-refractivity contribution >= 4 is 24.0 Å². The molecule has 0 aromatic rings. The van der Waals surface area contributed by atoms with E-state index in [0.29, 0.717) is 4.83 Å². The first-order chi connectivity index (χ1) is 8.28. The molecule has 0 fully saturated rings. The van der Waals surface area contributed by atoms with Gasteiger partial charge in [-0.15, -0.1) is 5.54 Å². The summed E-state index contributed by atoms with van der Waals surface area (Å²) in [7, 11) is -1.52. The second-order valence-corrected chi connectivity index (χ2v) is 13.0. The zero-order chi connectivity index (χ0) is 14.3. The molecule has 0 saturated heterocycles. The highest BCUT2D eigenvalue weighted by atomic mass is 79.9. The van der Waals surface area contributed by atoms with Gasteiger partial charge in [-0.2, -0.15) is 0 Å². The van der Waals surface area contributed by atoms with Crippen molar-refractivity contribution in [3.8, 4) is 11.5 Å². The van der Waals surface area contributed by atoms with Crippen molar-refractivity contribution in [2.75, 3.05) is 0 Å². The van der Waals surface area contributed by atoms with Crippen LogP contribution in [0, 0.1) is 11.5 Å². The molecular formula is C16H31BrSi. The maximum absolute atomic E-state index is 3.78. The summed E-state index contributed by atoms with van der Waals surface area (Å²) < 4.78 is 0. The molecule has 0 aromatic heterocycles. The average molecular weight is 331 g/mol. The molecule has 1 unspecified atom stereocenters. The van der Waals surface area contributed by atoms with Gasteiger partial charge in [0.1, 0.15) is 8.07 Å². The first kappa shape index (κ1) is 18.3. The Balaban J connectivity index is 5.06. The second kappa shape index (κ2) is 8.43. The summed E-state index contributed by atoms with van der Waals surface area (Å²) in [5, 5.41) is 0. The summed E-state index contributed by atoms with van der Waals surface area (Å²) >= 11 is 3.73. The van der Waals surface area contributed by atoms with E-state index in [2.05, 4.69) is 75.9 Å². The number of hydrogen-bond donors (Lipinski definition) is 0. The molecule has 0 saturated carbocycles. The Labute approximate surface area is 124 Å². The van der Waals surface area contributed by atoms with E-state index >= 15 is 0 Å². The monoisotopic (exact) mass is 330 g/mol. The van der Waals surface area contributed by atoms with Crippen LogP contribution in [0.1, 0.15) is 67.7 Å². The summed E-state index contributed by atoms with van der Waals surface area (Å²) in [6.45, 7) is 16.5. The molecule has 0 N–H and O–H groups in total. The Kier molecular flexibility index (Phi) is 8.55. The Morgan fingerprint density at radius 2 is 1.39 bits per heavy atom. The summed E-state index contributed by atoms with van der Waals surface area (Å²) in [6.07, 6.45) is 3.71. The molecule has 0 aromatic carbocycles. The molecule has 0 amide bonds. The minimum atomic E-state index is -1.52. The largest absolute Gasteiger partial charge is 0.146 e. The van der Waals surface area contributed by atoms with Gasteiger partial charge in [0.2, 0.25) is 0 Å². The van der Waals surface area contributed by atoms with Crippen LogP contribution in [-0.2, 0) is 0 Å². The van der Waals surface area contributed by atoms with Crippen molar-refractivity contribution in [1.29, 1.82) is 0 Å². The molecule has 0 nitrogen and oxygen atoms in total. The van der Waals surface area contributed by atoms with Crippen LogP contribution in [0.5, 0.6) is 0 Å². The van der Waals surface area contributed by atoms with Crippen LogP contribution in [0.4, 0.5) is 0 Å². The molecule has 0 aliphatic rings. The summed E-state index contributed by atoms with van der Waals surface area (Å²) in [5.41, 5.74) is 5.98. The van der Waals surface area contributed by atoms with Gasteiger partial charge >= 0.3 is 0 Å². The highest BCUT2D eigenvalue weighted by Gasteiger charge is 2.41. The average Bonchev–Trinajstić information content (AvgIpc) is 2.25. The minimum absolute atomic E-state index is 0.389. The molecule has 0 bridgehead atoms. The van der Waals surface area contributed by atoms with E-state index in [1.165, 1.54) is 19.3 Å². The summed E-state index contributed by atoms with van der Waals surface area (Å²) in [4.78, 5) is 0.389. The van der Waals surface area contributed by atoms with E-state index in [0.717, 1.165) is 16.6 Å². The number of halogens is 1. The fourth-order valence-electron chi connectivity index (χ4n) is 3.09. The molecule has 0 aliphatic heterocycles. The standard InChI is InChI=1S/C16H31BrSi/c1-8-9-10-16(17)11-12-18(13(2)3,14(4)5)15(6)7/h13-16H,8-10H2,1-7H3. The highest BCUT2D eigenvalue weighted by molar-refractivity contribution is 9.09. The lowest BCUT2D eigenvalue weighted by Gasteiger charge is -2.38. The molecule has 18 heavy (non-hydrogen) atoms. The molecule has 106 valence electrons. The van der Waals surface area contributed by atoms with Gasteiger partial charge in [-0.25, -0.2) is 0 Å². The van der Waals surface area contributed by atoms with E-state index in [1.807, 2.05) is 0 Å². The molecule has 0 aliphatic carbocycles. The zero-order valence-electron chi connectivity index (χ0n) is 13.3. The number of rotatable bonds is 6. The molecular weight excluding hydrogens is 300 g/mol. The lowest BCUT2D eigenvalue weighted by Crippen LogP contribution is -2.43. The van der Waals surface area contributed by atoms with Crippen LogP contribution in [0.25, 0.3) is 0 Å². The third kappa shape index (κ3) is 4.74. The van der Waals surface area contributed by atoms with Gasteiger partial charge in [0.15, 0.2) is 0 Å². The van der Waals surface area contributed by atoms with Crippen molar-refractivity contribution in [3.05, 3.63) is 0 Å². The zero-order valence-corrected chi connectivity index (χ0v) is 15.9. The van der Waals surface area contributed by atoms with Crippen molar-refractivity contribution in [3.63, 3.8) is 0 Å². The van der Waals surface area contributed by atoms with E-state index in [4.69, 9.17) is 0 Å². The second-order valence-electron chi connectivity index (χ2n) is 6.28.